The standard InChI is InChI=1S/C14H16INO6S/c1-4-21-13(18)9(14(19)22-5-2)7-16-11-8(12(17)20-3)6-10(15)23-11/h6-7,16H,4-5H2,1-3H3. The molecule has 0 amide bonds. The minimum atomic E-state index is -0.802. The summed E-state index contributed by atoms with van der Waals surface area (Å²) in [5.74, 6) is -2.12. The van der Waals surface area contributed by atoms with E-state index in [1.54, 1.807) is 19.9 Å². The van der Waals surface area contributed by atoms with Crippen LogP contribution < -0.4 is 5.32 Å². The molecule has 0 radical (unpaired) electrons. The minimum Gasteiger partial charge on any atom is -0.465 e. The molecule has 0 fully saturated rings. The maximum atomic E-state index is 11.8. The van der Waals surface area contributed by atoms with Crippen LogP contribution >= 0.6 is 33.9 Å². The summed E-state index contributed by atoms with van der Waals surface area (Å²) >= 11 is 3.33. The van der Waals surface area contributed by atoms with Crippen molar-refractivity contribution in [3.05, 3.63) is 26.3 Å². The molecule has 1 heterocycles. The van der Waals surface area contributed by atoms with Crippen LogP contribution in [-0.4, -0.2) is 38.2 Å². The second-order valence-electron chi connectivity index (χ2n) is 3.93. The maximum absolute atomic E-state index is 11.8. The average Bonchev–Trinajstić information content (AvgIpc) is 2.88. The van der Waals surface area contributed by atoms with Crippen molar-refractivity contribution < 1.29 is 28.6 Å². The summed E-state index contributed by atoms with van der Waals surface area (Å²) in [4.78, 5) is 35.4. The highest BCUT2D eigenvalue weighted by atomic mass is 127. The Hall–Kier alpha value is -1.62. The highest BCUT2D eigenvalue weighted by Crippen LogP contribution is 2.30. The lowest BCUT2D eigenvalue weighted by molar-refractivity contribution is -0.146. The van der Waals surface area contributed by atoms with E-state index in [1.807, 2.05) is 0 Å². The second-order valence-corrected chi connectivity index (χ2v) is 6.87. The number of nitrogens with one attached hydrogen (secondary N) is 1. The van der Waals surface area contributed by atoms with Gasteiger partial charge in [-0.2, -0.15) is 0 Å². The van der Waals surface area contributed by atoms with Crippen molar-refractivity contribution in [3.63, 3.8) is 0 Å². The molecule has 126 valence electrons. The van der Waals surface area contributed by atoms with Crippen molar-refractivity contribution in [2.24, 2.45) is 0 Å². The van der Waals surface area contributed by atoms with Crippen LogP contribution in [0, 0.1) is 2.88 Å². The third-order valence-corrected chi connectivity index (χ3v) is 4.27. The van der Waals surface area contributed by atoms with Crippen molar-refractivity contribution in [2.45, 2.75) is 13.8 Å². The molecule has 0 saturated heterocycles. The Balaban J connectivity index is 3.07. The first-order chi connectivity index (χ1) is 10.9. The van der Waals surface area contributed by atoms with E-state index in [0.29, 0.717) is 10.6 Å². The summed E-state index contributed by atoms with van der Waals surface area (Å²) in [7, 11) is 1.27. The summed E-state index contributed by atoms with van der Waals surface area (Å²) in [5.41, 5.74) is 0.0261. The van der Waals surface area contributed by atoms with Gasteiger partial charge in [0.1, 0.15) is 5.00 Å². The summed E-state index contributed by atoms with van der Waals surface area (Å²) in [5, 5.41) is 3.23. The van der Waals surface area contributed by atoms with E-state index < -0.39 is 17.9 Å². The predicted molar refractivity (Wildman–Crippen MR) is 93.3 cm³/mol. The summed E-state index contributed by atoms with van der Waals surface area (Å²) in [6.45, 7) is 3.51. The number of ether oxygens (including phenoxy) is 3. The largest absolute Gasteiger partial charge is 0.465 e. The van der Waals surface area contributed by atoms with E-state index in [0.717, 1.165) is 2.88 Å². The monoisotopic (exact) mass is 453 g/mol. The SMILES string of the molecule is CCOC(=O)C(=CNc1sc(I)cc1C(=O)OC)C(=O)OCC. The molecular formula is C14H16INO6S. The van der Waals surface area contributed by atoms with Crippen molar-refractivity contribution in [1.29, 1.82) is 0 Å². The molecular weight excluding hydrogens is 437 g/mol. The number of esters is 3. The highest BCUT2D eigenvalue weighted by Gasteiger charge is 2.22. The Morgan fingerprint density at radius 3 is 2.26 bits per heavy atom. The molecule has 0 aliphatic rings. The van der Waals surface area contributed by atoms with Crippen LogP contribution in [0.1, 0.15) is 24.2 Å². The topological polar surface area (TPSA) is 90.9 Å². The fraction of sp³-hybridized carbons (Fsp3) is 0.357. The fourth-order valence-electron chi connectivity index (χ4n) is 1.49. The van der Waals surface area contributed by atoms with Crippen LogP contribution in [0.5, 0.6) is 0 Å². The van der Waals surface area contributed by atoms with Crippen molar-refractivity contribution in [2.75, 3.05) is 25.6 Å². The number of halogens is 1. The molecule has 9 heteroatoms. The lowest BCUT2D eigenvalue weighted by Gasteiger charge is -2.07. The minimum absolute atomic E-state index is 0.125. The number of anilines is 1. The molecule has 0 aliphatic carbocycles. The zero-order chi connectivity index (χ0) is 17.4. The van der Waals surface area contributed by atoms with Crippen LogP contribution in [-0.2, 0) is 23.8 Å². The van der Waals surface area contributed by atoms with Gasteiger partial charge in [-0.25, -0.2) is 14.4 Å². The summed E-state index contributed by atoms with van der Waals surface area (Å²) in [6.07, 6.45) is 1.17. The normalized spacial score (nSPS) is 9.74. The highest BCUT2D eigenvalue weighted by molar-refractivity contribution is 14.1. The first-order valence-corrected chi connectivity index (χ1v) is 8.52. The Morgan fingerprint density at radius 2 is 1.78 bits per heavy atom. The van der Waals surface area contributed by atoms with Gasteiger partial charge in [0.15, 0.2) is 5.57 Å². The van der Waals surface area contributed by atoms with Crippen LogP contribution in [0.4, 0.5) is 5.00 Å². The van der Waals surface area contributed by atoms with Gasteiger partial charge in [-0.15, -0.1) is 11.3 Å². The van der Waals surface area contributed by atoms with Gasteiger partial charge in [0.25, 0.3) is 0 Å². The van der Waals surface area contributed by atoms with Gasteiger partial charge in [-0.3, -0.25) is 0 Å². The summed E-state index contributed by atoms with van der Waals surface area (Å²) in [6, 6.07) is 1.64. The molecule has 0 spiro atoms. The molecule has 23 heavy (non-hydrogen) atoms. The second kappa shape index (κ2) is 9.50. The van der Waals surface area contributed by atoms with E-state index in [2.05, 4.69) is 32.6 Å². The van der Waals surface area contributed by atoms with Gasteiger partial charge in [-0.1, -0.05) is 0 Å². The van der Waals surface area contributed by atoms with Crippen molar-refractivity contribution >= 4 is 56.8 Å². The molecule has 1 aromatic rings. The summed E-state index contributed by atoms with van der Waals surface area (Å²) < 4.78 is 15.2. The van der Waals surface area contributed by atoms with Crippen molar-refractivity contribution in [1.82, 2.24) is 0 Å². The van der Waals surface area contributed by atoms with Crippen LogP contribution in [0.2, 0.25) is 0 Å². The quantitative estimate of drug-likeness (QED) is 0.170. The molecule has 1 N–H and O–H groups in total. The molecule has 7 nitrogen and oxygen atoms in total. The van der Waals surface area contributed by atoms with Crippen LogP contribution in [0.25, 0.3) is 0 Å². The number of carbonyl (C=O) groups excluding carboxylic acids is 3. The third kappa shape index (κ3) is 5.50. The predicted octanol–water partition coefficient (Wildman–Crippen LogP) is 2.56. The number of thiophene rings is 1. The van der Waals surface area contributed by atoms with Gasteiger partial charge in [-0.05, 0) is 42.5 Å². The van der Waals surface area contributed by atoms with E-state index in [4.69, 9.17) is 9.47 Å². The zero-order valence-corrected chi connectivity index (χ0v) is 15.8. The number of carbonyl (C=O) groups is 3. The zero-order valence-electron chi connectivity index (χ0n) is 12.8. The van der Waals surface area contributed by atoms with Gasteiger partial charge >= 0.3 is 17.9 Å². The van der Waals surface area contributed by atoms with E-state index in [1.165, 1.54) is 24.6 Å². The van der Waals surface area contributed by atoms with E-state index in [-0.39, 0.29) is 18.8 Å². The van der Waals surface area contributed by atoms with Gasteiger partial charge in [0, 0.05) is 6.20 Å². The molecule has 0 aromatic carbocycles. The Kier molecular flexibility index (Phi) is 8.03. The lowest BCUT2D eigenvalue weighted by Crippen LogP contribution is -2.19. The van der Waals surface area contributed by atoms with Gasteiger partial charge in [0.05, 0.1) is 28.8 Å². The number of hydrogen-bond donors (Lipinski definition) is 1. The number of rotatable bonds is 7. The van der Waals surface area contributed by atoms with Gasteiger partial charge in [0.2, 0.25) is 0 Å². The van der Waals surface area contributed by atoms with E-state index in [9.17, 15) is 14.4 Å². The van der Waals surface area contributed by atoms with Gasteiger partial charge < -0.3 is 19.5 Å². The maximum Gasteiger partial charge on any atom is 0.347 e. The first kappa shape index (κ1) is 19.4. The van der Waals surface area contributed by atoms with Crippen LogP contribution in [0.3, 0.4) is 0 Å². The molecule has 1 aromatic heterocycles. The number of hydrogen-bond acceptors (Lipinski definition) is 8. The molecule has 0 atom stereocenters. The Bertz CT molecular complexity index is 605. The molecule has 0 bridgehead atoms. The smallest absolute Gasteiger partial charge is 0.347 e. The number of methoxy groups -OCH3 is 1. The lowest BCUT2D eigenvalue weighted by atomic mass is 10.3. The van der Waals surface area contributed by atoms with Crippen LogP contribution in [0.15, 0.2) is 17.8 Å². The third-order valence-electron chi connectivity index (χ3n) is 2.45. The molecule has 0 saturated carbocycles. The molecule has 0 aliphatic heterocycles. The van der Waals surface area contributed by atoms with E-state index >= 15 is 0 Å². The Morgan fingerprint density at radius 1 is 1.22 bits per heavy atom. The first-order valence-electron chi connectivity index (χ1n) is 6.63. The molecule has 1 rings (SSSR count). The molecule has 0 unspecified atom stereocenters. The van der Waals surface area contributed by atoms with Crippen molar-refractivity contribution in [3.8, 4) is 0 Å². The fourth-order valence-corrected chi connectivity index (χ4v) is 3.20. The Labute approximate surface area is 151 Å². The average molecular weight is 453 g/mol.